The first-order valence-electron chi connectivity index (χ1n) is 11.2. The number of rotatable bonds is 6. The number of amides is 1. The van der Waals surface area contributed by atoms with E-state index in [1.165, 1.54) is 0 Å². The van der Waals surface area contributed by atoms with Crippen molar-refractivity contribution >= 4 is 11.9 Å². The standard InChI is InChI=1S/C24H35N3O3/c1-2-30-22(28)16-17-5-3-6-21(15-17)18-7-4-13-27(14-12-18)24(29)20-10-8-19(9-11-20)23(25)26/h3,6,8-11,17-18,21,23H,2,4-5,7,12-16,25-26H2,1H3. The van der Waals surface area contributed by atoms with Crippen LogP contribution in [0.5, 0.6) is 0 Å². The fourth-order valence-electron chi connectivity index (χ4n) is 4.76. The smallest absolute Gasteiger partial charge is 0.306 e. The van der Waals surface area contributed by atoms with Crippen LogP contribution in [-0.4, -0.2) is 36.5 Å². The van der Waals surface area contributed by atoms with E-state index in [0.29, 0.717) is 36.3 Å². The zero-order valence-electron chi connectivity index (χ0n) is 18.0. The summed E-state index contributed by atoms with van der Waals surface area (Å²) in [4.78, 5) is 26.8. The largest absolute Gasteiger partial charge is 0.466 e. The number of likely N-dealkylation sites (tertiary alicyclic amines) is 1. The molecule has 1 saturated heterocycles. The van der Waals surface area contributed by atoms with Gasteiger partial charge in [0.25, 0.3) is 5.91 Å². The highest BCUT2D eigenvalue weighted by molar-refractivity contribution is 5.94. The van der Waals surface area contributed by atoms with E-state index in [-0.39, 0.29) is 11.9 Å². The minimum atomic E-state index is -0.524. The highest BCUT2D eigenvalue weighted by Gasteiger charge is 2.29. The molecule has 3 unspecified atom stereocenters. The molecule has 0 radical (unpaired) electrons. The number of carbonyl (C=O) groups is 2. The van der Waals surface area contributed by atoms with Crippen LogP contribution in [0.3, 0.4) is 0 Å². The molecule has 1 aromatic carbocycles. The van der Waals surface area contributed by atoms with E-state index in [0.717, 1.165) is 50.8 Å². The zero-order chi connectivity index (χ0) is 21.5. The summed E-state index contributed by atoms with van der Waals surface area (Å²) in [6.45, 7) is 3.85. The lowest BCUT2D eigenvalue weighted by Crippen LogP contribution is -2.32. The monoisotopic (exact) mass is 413 g/mol. The third-order valence-electron chi connectivity index (χ3n) is 6.43. The van der Waals surface area contributed by atoms with Crippen molar-refractivity contribution in [3.05, 3.63) is 47.5 Å². The summed E-state index contributed by atoms with van der Waals surface area (Å²) in [5, 5.41) is 0. The molecular formula is C24H35N3O3. The van der Waals surface area contributed by atoms with E-state index in [4.69, 9.17) is 16.2 Å². The van der Waals surface area contributed by atoms with Crippen molar-refractivity contribution in [1.29, 1.82) is 0 Å². The summed E-state index contributed by atoms with van der Waals surface area (Å²) in [5.74, 6) is 1.40. The number of esters is 1. The second-order valence-corrected chi connectivity index (χ2v) is 8.57. The molecule has 4 N–H and O–H groups in total. The summed E-state index contributed by atoms with van der Waals surface area (Å²) >= 11 is 0. The van der Waals surface area contributed by atoms with E-state index in [1.807, 2.05) is 36.1 Å². The molecule has 1 heterocycles. The van der Waals surface area contributed by atoms with Crippen molar-refractivity contribution in [2.75, 3.05) is 19.7 Å². The fraction of sp³-hybridized carbons (Fsp3) is 0.583. The molecule has 3 rings (SSSR count). The minimum Gasteiger partial charge on any atom is -0.466 e. The van der Waals surface area contributed by atoms with Gasteiger partial charge in [-0.1, -0.05) is 24.3 Å². The predicted molar refractivity (Wildman–Crippen MR) is 117 cm³/mol. The molecule has 0 bridgehead atoms. The van der Waals surface area contributed by atoms with Crippen LogP contribution in [0.25, 0.3) is 0 Å². The predicted octanol–water partition coefficient (Wildman–Crippen LogP) is 3.38. The summed E-state index contributed by atoms with van der Waals surface area (Å²) < 4.78 is 5.13. The van der Waals surface area contributed by atoms with Crippen molar-refractivity contribution in [2.45, 2.75) is 51.6 Å². The van der Waals surface area contributed by atoms with Gasteiger partial charge in [-0.3, -0.25) is 9.59 Å². The number of allylic oxidation sites excluding steroid dienone is 2. The molecule has 30 heavy (non-hydrogen) atoms. The fourth-order valence-corrected chi connectivity index (χ4v) is 4.76. The summed E-state index contributed by atoms with van der Waals surface area (Å²) in [6, 6.07) is 7.29. The Labute approximate surface area is 179 Å². The van der Waals surface area contributed by atoms with Gasteiger partial charge in [-0.2, -0.15) is 0 Å². The second-order valence-electron chi connectivity index (χ2n) is 8.57. The van der Waals surface area contributed by atoms with Gasteiger partial charge in [0.05, 0.1) is 12.8 Å². The Balaban J connectivity index is 1.55. The molecule has 6 nitrogen and oxygen atoms in total. The molecule has 1 aliphatic carbocycles. The second kappa shape index (κ2) is 10.7. The topological polar surface area (TPSA) is 98.6 Å². The number of hydrogen-bond donors (Lipinski definition) is 2. The highest BCUT2D eigenvalue weighted by atomic mass is 16.5. The molecule has 1 fully saturated rings. The lowest BCUT2D eigenvalue weighted by atomic mass is 9.75. The molecular weight excluding hydrogens is 378 g/mol. The summed E-state index contributed by atoms with van der Waals surface area (Å²) in [5.41, 5.74) is 12.9. The SMILES string of the molecule is CCOC(=O)CC1CC=CC(C2CCCN(C(=O)c3ccc(C(N)N)cc3)CC2)C1. The quantitative estimate of drug-likeness (QED) is 0.423. The molecule has 164 valence electrons. The summed E-state index contributed by atoms with van der Waals surface area (Å²) in [7, 11) is 0. The van der Waals surface area contributed by atoms with Gasteiger partial charge >= 0.3 is 5.97 Å². The molecule has 1 amide bonds. The Morgan fingerprint density at radius 1 is 1.17 bits per heavy atom. The van der Waals surface area contributed by atoms with Crippen molar-refractivity contribution in [2.24, 2.45) is 29.2 Å². The first-order chi connectivity index (χ1) is 14.5. The van der Waals surface area contributed by atoms with E-state index < -0.39 is 6.17 Å². The van der Waals surface area contributed by atoms with Gasteiger partial charge in [0.2, 0.25) is 0 Å². The van der Waals surface area contributed by atoms with Gasteiger partial charge in [0.1, 0.15) is 0 Å². The average molecular weight is 414 g/mol. The normalized spacial score (nSPS) is 24.5. The maximum atomic E-state index is 12.9. The maximum Gasteiger partial charge on any atom is 0.306 e. The van der Waals surface area contributed by atoms with E-state index >= 15 is 0 Å². The number of hydrogen-bond acceptors (Lipinski definition) is 5. The van der Waals surface area contributed by atoms with Crippen molar-refractivity contribution in [1.82, 2.24) is 4.90 Å². The Kier molecular flexibility index (Phi) is 8.05. The average Bonchev–Trinajstić information content (AvgIpc) is 3.00. The Hall–Kier alpha value is -2.18. The van der Waals surface area contributed by atoms with Crippen LogP contribution < -0.4 is 11.5 Å². The Morgan fingerprint density at radius 2 is 1.93 bits per heavy atom. The van der Waals surface area contributed by atoms with Gasteiger partial charge < -0.3 is 21.1 Å². The third-order valence-corrected chi connectivity index (χ3v) is 6.43. The van der Waals surface area contributed by atoms with Crippen LogP contribution in [0.15, 0.2) is 36.4 Å². The molecule has 1 aromatic rings. The van der Waals surface area contributed by atoms with Crippen LogP contribution in [0, 0.1) is 17.8 Å². The number of ether oxygens (including phenoxy) is 1. The molecule has 0 spiro atoms. The van der Waals surface area contributed by atoms with Crippen LogP contribution in [-0.2, 0) is 9.53 Å². The van der Waals surface area contributed by atoms with Crippen LogP contribution in [0.2, 0.25) is 0 Å². The molecule has 6 heteroatoms. The van der Waals surface area contributed by atoms with E-state index in [9.17, 15) is 9.59 Å². The first-order valence-corrected chi connectivity index (χ1v) is 11.2. The molecule has 0 aromatic heterocycles. The van der Waals surface area contributed by atoms with E-state index in [2.05, 4.69) is 12.2 Å². The molecule has 0 saturated carbocycles. The van der Waals surface area contributed by atoms with Crippen molar-refractivity contribution in [3.63, 3.8) is 0 Å². The minimum absolute atomic E-state index is 0.0761. The lowest BCUT2D eigenvalue weighted by Gasteiger charge is -2.30. The van der Waals surface area contributed by atoms with Gasteiger partial charge in [-0.15, -0.1) is 0 Å². The van der Waals surface area contributed by atoms with Gasteiger partial charge in [0, 0.05) is 25.1 Å². The third kappa shape index (κ3) is 5.92. The zero-order valence-corrected chi connectivity index (χ0v) is 18.0. The number of nitrogens with two attached hydrogens (primary N) is 2. The number of nitrogens with zero attached hydrogens (tertiary/aromatic N) is 1. The Morgan fingerprint density at radius 3 is 2.63 bits per heavy atom. The van der Waals surface area contributed by atoms with Crippen molar-refractivity contribution in [3.8, 4) is 0 Å². The van der Waals surface area contributed by atoms with Crippen LogP contribution in [0.1, 0.15) is 67.5 Å². The number of benzene rings is 1. The van der Waals surface area contributed by atoms with Crippen LogP contribution in [0.4, 0.5) is 0 Å². The van der Waals surface area contributed by atoms with E-state index in [1.54, 1.807) is 0 Å². The first kappa shape index (κ1) is 22.5. The Bertz CT molecular complexity index is 745. The number of carbonyl (C=O) groups excluding carboxylic acids is 2. The highest BCUT2D eigenvalue weighted by Crippen LogP contribution is 2.36. The molecule has 1 aliphatic heterocycles. The van der Waals surface area contributed by atoms with Gasteiger partial charge in [0.15, 0.2) is 0 Å². The molecule has 2 aliphatic rings. The van der Waals surface area contributed by atoms with Gasteiger partial charge in [-0.25, -0.2) is 0 Å². The van der Waals surface area contributed by atoms with Gasteiger partial charge in [-0.05, 0) is 74.5 Å². The van der Waals surface area contributed by atoms with Crippen molar-refractivity contribution < 1.29 is 14.3 Å². The lowest BCUT2D eigenvalue weighted by molar-refractivity contribution is -0.144. The molecule has 3 atom stereocenters. The summed E-state index contributed by atoms with van der Waals surface area (Å²) in [6.07, 6.45) is 9.66. The van der Waals surface area contributed by atoms with Crippen LogP contribution >= 0.6 is 0 Å². The maximum absolute atomic E-state index is 12.9.